The minimum absolute atomic E-state index is 0.354. The molecular weight excluding hydrogens is 350 g/mol. The van der Waals surface area contributed by atoms with E-state index in [0.717, 1.165) is 30.7 Å². The van der Waals surface area contributed by atoms with Crippen molar-refractivity contribution in [1.29, 1.82) is 0 Å². The highest BCUT2D eigenvalue weighted by molar-refractivity contribution is 7.14. The fourth-order valence-electron chi connectivity index (χ4n) is 3.26. The maximum absolute atomic E-state index is 12.4. The molecule has 0 fully saturated rings. The number of hydrogen-bond acceptors (Lipinski definition) is 5. The fourth-order valence-corrected chi connectivity index (χ4v) is 4.35. The summed E-state index contributed by atoms with van der Waals surface area (Å²) in [6.07, 6.45) is 2.31. The molecule has 0 unspecified atom stereocenters. The Morgan fingerprint density at radius 2 is 2.15 bits per heavy atom. The first kappa shape index (κ1) is 18.6. The van der Waals surface area contributed by atoms with Crippen molar-refractivity contribution >= 4 is 28.9 Å². The van der Waals surface area contributed by atoms with Gasteiger partial charge in [-0.15, -0.1) is 11.3 Å². The fraction of sp³-hybridized carbons (Fsp3) is 0.526. The second kappa shape index (κ2) is 7.23. The van der Waals surface area contributed by atoms with E-state index in [9.17, 15) is 9.59 Å². The Morgan fingerprint density at radius 1 is 1.42 bits per heavy atom. The maximum Gasteiger partial charge on any atom is 0.349 e. The van der Waals surface area contributed by atoms with Gasteiger partial charge in [-0.1, -0.05) is 6.92 Å². The quantitative estimate of drug-likeness (QED) is 0.831. The summed E-state index contributed by atoms with van der Waals surface area (Å²) in [5, 5.41) is 7.09. The Balaban J connectivity index is 1.64. The number of rotatable bonds is 4. The highest BCUT2D eigenvalue weighted by Crippen LogP contribution is 2.32. The zero-order valence-electron chi connectivity index (χ0n) is 15.9. The third kappa shape index (κ3) is 3.67. The van der Waals surface area contributed by atoms with Gasteiger partial charge in [0.05, 0.1) is 17.1 Å². The molecule has 1 N–H and O–H groups in total. The lowest BCUT2D eigenvalue weighted by molar-refractivity contribution is -0.123. The number of carbonyl (C=O) groups is 2. The summed E-state index contributed by atoms with van der Waals surface area (Å²) in [6, 6.07) is 1.93. The third-order valence-electron chi connectivity index (χ3n) is 4.94. The number of thiophene rings is 1. The van der Waals surface area contributed by atoms with Gasteiger partial charge in [-0.05, 0) is 57.6 Å². The molecule has 2 aromatic rings. The van der Waals surface area contributed by atoms with Gasteiger partial charge in [0.15, 0.2) is 6.10 Å². The van der Waals surface area contributed by atoms with Crippen LogP contribution in [0.3, 0.4) is 0 Å². The standard InChI is InChI=1S/C19H25N3O3S/c1-10-6-7-15-14(8-10)9-16(26-15)19(24)25-13(4)18(23)20-17-11(2)21-22(5)12(17)3/h9-10,13H,6-8H2,1-5H3,(H,20,23)/t10-,13+/m0/s1. The highest BCUT2D eigenvalue weighted by Gasteiger charge is 2.25. The molecule has 6 nitrogen and oxygen atoms in total. The molecule has 0 saturated heterocycles. The van der Waals surface area contributed by atoms with Crippen molar-refractivity contribution in [1.82, 2.24) is 9.78 Å². The third-order valence-corrected chi connectivity index (χ3v) is 6.16. The molecule has 0 aliphatic heterocycles. The van der Waals surface area contributed by atoms with E-state index >= 15 is 0 Å². The molecule has 0 radical (unpaired) electrons. The molecule has 0 saturated carbocycles. The normalized spacial score (nSPS) is 17.5. The number of nitrogens with one attached hydrogen (secondary N) is 1. The average molecular weight is 375 g/mol. The highest BCUT2D eigenvalue weighted by atomic mass is 32.1. The summed E-state index contributed by atoms with van der Waals surface area (Å²) >= 11 is 1.49. The Morgan fingerprint density at radius 3 is 2.81 bits per heavy atom. The van der Waals surface area contributed by atoms with Crippen molar-refractivity contribution in [3.05, 3.63) is 32.8 Å². The zero-order chi connectivity index (χ0) is 19.0. The van der Waals surface area contributed by atoms with Gasteiger partial charge in [0.1, 0.15) is 4.88 Å². The molecule has 1 aliphatic rings. The SMILES string of the molecule is Cc1nn(C)c(C)c1NC(=O)[C@@H](C)OC(=O)c1cc2c(s1)CC[C@H](C)C2. The van der Waals surface area contributed by atoms with Crippen molar-refractivity contribution < 1.29 is 14.3 Å². The molecule has 1 aliphatic carbocycles. The summed E-state index contributed by atoms with van der Waals surface area (Å²) < 4.78 is 7.10. The van der Waals surface area contributed by atoms with Crippen LogP contribution in [-0.4, -0.2) is 27.8 Å². The lowest BCUT2D eigenvalue weighted by Gasteiger charge is -2.16. The van der Waals surface area contributed by atoms with E-state index in [-0.39, 0.29) is 5.91 Å². The van der Waals surface area contributed by atoms with Crippen molar-refractivity contribution in [3.63, 3.8) is 0 Å². The summed E-state index contributed by atoms with van der Waals surface area (Å²) in [4.78, 5) is 26.7. The van der Waals surface area contributed by atoms with Gasteiger partial charge >= 0.3 is 5.97 Å². The number of fused-ring (bicyclic) bond motifs is 1. The van der Waals surface area contributed by atoms with E-state index in [1.807, 2.05) is 27.0 Å². The molecule has 0 bridgehead atoms. The monoisotopic (exact) mass is 375 g/mol. The van der Waals surface area contributed by atoms with Crippen LogP contribution in [0.5, 0.6) is 0 Å². The van der Waals surface area contributed by atoms with E-state index in [4.69, 9.17) is 4.74 Å². The number of ether oxygens (including phenoxy) is 1. The molecule has 7 heteroatoms. The van der Waals surface area contributed by atoms with Crippen LogP contribution in [0.15, 0.2) is 6.07 Å². The van der Waals surface area contributed by atoms with Crippen LogP contribution in [0.4, 0.5) is 5.69 Å². The van der Waals surface area contributed by atoms with Gasteiger partial charge in [0, 0.05) is 11.9 Å². The summed E-state index contributed by atoms with van der Waals surface area (Å²) in [6.45, 7) is 7.52. The van der Waals surface area contributed by atoms with Gasteiger partial charge in [-0.2, -0.15) is 5.10 Å². The predicted molar refractivity (Wildman–Crippen MR) is 102 cm³/mol. The lowest BCUT2D eigenvalue weighted by atomic mass is 9.90. The van der Waals surface area contributed by atoms with Crippen LogP contribution >= 0.6 is 11.3 Å². The Bertz CT molecular complexity index is 853. The molecule has 2 atom stereocenters. The van der Waals surface area contributed by atoms with Crippen LogP contribution in [0.1, 0.15) is 51.8 Å². The first-order chi connectivity index (χ1) is 12.3. The minimum Gasteiger partial charge on any atom is -0.448 e. The van der Waals surface area contributed by atoms with Crippen LogP contribution in [-0.2, 0) is 29.4 Å². The van der Waals surface area contributed by atoms with E-state index < -0.39 is 12.1 Å². The van der Waals surface area contributed by atoms with Gasteiger partial charge in [0.2, 0.25) is 0 Å². The zero-order valence-corrected chi connectivity index (χ0v) is 16.7. The second-order valence-corrected chi connectivity index (χ2v) is 8.25. The van der Waals surface area contributed by atoms with Crippen molar-refractivity contribution in [2.75, 3.05) is 5.32 Å². The Labute approximate surface area is 157 Å². The van der Waals surface area contributed by atoms with Gasteiger partial charge in [0.25, 0.3) is 5.91 Å². The number of hydrogen-bond donors (Lipinski definition) is 1. The molecule has 2 heterocycles. The molecule has 1 amide bonds. The van der Waals surface area contributed by atoms with E-state index in [1.54, 1.807) is 11.6 Å². The second-order valence-electron chi connectivity index (χ2n) is 7.11. The van der Waals surface area contributed by atoms with Crippen LogP contribution in [0.2, 0.25) is 0 Å². The van der Waals surface area contributed by atoms with Crippen molar-refractivity contribution in [2.45, 2.75) is 53.1 Å². The molecule has 0 aromatic carbocycles. The number of aromatic nitrogens is 2. The number of aryl methyl sites for hydroxylation is 3. The number of anilines is 1. The van der Waals surface area contributed by atoms with Crippen LogP contribution < -0.4 is 5.32 Å². The molecular formula is C19H25N3O3S. The van der Waals surface area contributed by atoms with Crippen molar-refractivity contribution in [2.24, 2.45) is 13.0 Å². The Hall–Kier alpha value is -2.15. The van der Waals surface area contributed by atoms with E-state index in [0.29, 0.717) is 16.5 Å². The summed E-state index contributed by atoms with van der Waals surface area (Å²) in [7, 11) is 1.82. The van der Waals surface area contributed by atoms with E-state index in [2.05, 4.69) is 17.3 Å². The number of amides is 1. The van der Waals surface area contributed by atoms with Gasteiger partial charge in [-0.25, -0.2) is 4.79 Å². The topological polar surface area (TPSA) is 73.2 Å². The summed E-state index contributed by atoms with van der Waals surface area (Å²) in [5.74, 6) is -0.136. The largest absolute Gasteiger partial charge is 0.448 e. The molecule has 26 heavy (non-hydrogen) atoms. The first-order valence-corrected chi connectivity index (χ1v) is 9.71. The van der Waals surface area contributed by atoms with Gasteiger partial charge in [-0.3, -0.25) is 9.48 Å². The van der Waals surface area contributed by atoms with E-state index in [1.165, 1.54) is 21.8 Å². The maximum atomic E-state index is 12.4. The Kier molecular flexibility index (Phi) is 5.18. The smallest absolute Gasteiger partial charge is 0.349 e. The van der Waals surface area contributed by atoms with Crippen LogP contribution in [0.25, 0.3) is 0 Å². The number of carbonyl (C=O) groups excluding carboxylic acids is 2. The first-order valence-electron chi connectivity index (χ1n) is 8.90. The van der Waals surface area contributed by atoms with Crippen molar-refractivity contribution in [3.8, 4) is 0 Å². The number of esters is 1. The molecule has 140 valence electrons. The molecule has 0 spiro atoms. The molecule has 2 aromatic heterocycles. The average Bonchev–Trinajstić information content (AvgIpc) is 3.10. The van der Waals surface area contributed by atoms with Gasteiger partial charge < -0.3 is 10.1 Å². The number of nitrogens with zero attached hydrogens (tertiary/aromatic N) is 2. The minimum atomic E-state index is -0.875. The van der Waals surface area contributed by atoms with Crippen LogP contribution in [0, 0.1) is 19.8 Å². The molecule has 3 rings (SSSR count). The predicted octanol–water partition coefficient (Wildman–Crippen LogP) is 3.41. The lowest BCUT2D eigenvalue weighted by Crippen LogP contribution is -2.30. The summed E-state index contributed by atoms with van der Waals surface area (Å²) in [5.41, 5.74) is 3.51.